The van der Waals surface area contributed by atoms with Gasteiger partial charge in [-0.1, -0.05) is 24.3 Å². The van der Waals surface area contributed by atoms with Gasteiger partial charge in [0.2, 0.25) is 0 Å². The minimum atomic E-state index is -3.07. The summed E-state index contributed by atoms with van der Waals surface area (Å²) in [4.78, 5) is 19.2. The highest BCUT2D eigenvalue weighted by atomic mass is 32.2. The van der Waals surface area contributed by atoms with Crippen LogP contribution < -0.4 is 0 Å². The van der Waals surface area contributed by atoms with E-state index < -0.39 is 9.84 Å². The molecule has 0 aliphatic carbocycles. The lowest BCUT2D eigenvalue weighted by atomic mass is 10.1. The van der Waals surface area contributed by atoms with Gasteiger partial charge in [0.05, 0.1) is 22.6 Å². The second-order valence-electron chi connectivity index (χ2n) is 6.13. The van der Waals surface area contributed by atoms with E-state index in [4.69, 9.17) is 0 Å². The fraction of sp³-hybridized carbons (Fsp3) is 0.333. The summed E-state index contributed by atoms with van der Waals surface area (Å²) in [5, 5.41) is 0.781. The van der Waals surface area contributed by atoms with E-state index in [9.17, 15) is 13.2 Å². The summed E-state index contributed by atoms with van der Waals surface area (Å²) in [6.07, 6.45) is 2.11. The molecule has 3 rings (SSSR count). The Morgan fingerprint density at radius 1 is 1.42 bits per heavy atom. The van der Waals surface area contributed by atoms with E-state index in [0.29, 0.717) is 18.5 Å². The van der Waals surface area contributed by atoms with Gasteiger partial charge in [-0.15, -0.1) is 6.58 Å². The summed E-state index contributed by atoms with van der Waals surface area (Å²) < 4.78 is 23.6. The number of para-hydroxylation sites is 1. The van der Waals surface area contributed by atoms with E-state index in [-0.39, 0.29) is 23.5 Å². The molecule has 0 bridgehead atoms. The lowest BCUT2D eigenvalue weighted by Crippen LogP contribution is -2.41. The molecule has 126 valence electrons. The molecule has 5 nitrogen and oxygen atoms in total. The van der Waals surface area contributed by atoms with Gasteiger partial charge >= 0.3 is 0 Å². The molecule has 0 N–H and O–H groups in total. The summed E-state index contributed by atoms with van der Waals surface area (Å²) in [6, 6.07) is 8.96. The van der Waals surface area contributed by atoms with E-state index in [2.05, 4.69) is 11.6 Å². The Labute approximate surface area is 141 Å². The molecule has 1 aromatic heterocycles. The Bertz CT molecular complexity index is 906. The first-order valence-electron chi connectivity index (χ1n) is 7.90. The minimum absolute atomic E-state index is 0.0224. The highest BCUT2D eigenvalue weighted by Crippen LogP contribution is 2.24. The molecule has 0 saturated carbocycles. The first-order chi connectivity index (χ1) is 11.4. The summed E-state index contributed by atoms with van der Waals surface area (Å²) in [7, 11) is -3.07. The van der Waals surface area contributed by atoms with Crippen molar-refractivity contribution in [2.45, 2.75) is 19.4 Å². The molecule has 6 heteroatoms. The predicted octanol–water partition coefficient (Wildman–Crippen LogP) is 2.36. The van der Waals surface area contributed by atoms with Crippen molar-refractivity contribution in [3.8, 4) is 0 Å². The van der Waals surface area contributed by atoms with Crippen LogP contribution in [0.3, 0.4) is 0 Å². The van der Waals surface area contributed by atoms with Gasteiger partial charge in [-0.3, -0.25) is 9.78 Å². The molecule has 1 aliphatic rings. The second kappa shape index (κ2) is 6.36. The third kappa shape index (κ3) is 3.19. The molecule has 0 radical (unpaired) electrons. The van der Waals surface area contributed by atoms with Crippen LogP contribution >= 0.6 is 0 Å². The summed E-state index contributed by atoms with van der Waals surface area (Å²) >= 11 is 0. The number of aromatic nitrogens is 1. The predicted molar refractivity (Wildman–Crippen MR) is 94.8 cm³/mol. The topological polar surface area (TPSA) is 67.3 Å². The number of nitrogens with zero attached hydrogens (tertiary/aromatic N) is 2. The molecule has 1 atom stereocenters. The summed E-state index contributed by atoms with van der Waals surface area (Å²) in [5.74, 6) is -0.0118. The molecule has 1 saturated heterocycles. The fourth-order valence-electron chi connectivity index (χ4n) is 3.20. The number of benzene rings is 1. The van der Waals surface area contributed by atoms with E-state index in [1.54, 1.807) is 17.0 Å². The Hall–Kier alpha value is -2.21. The van der Waals surface area contributed by atoms with Gasteiger partial charge in [0.15, 0.2) is 9.84 Å². The Balaban J connectivity index is 2.04. The molecule has 0 spiro atoms. The van der Waals surface area contributed by atoms with Crippen LogP contribution in [0.25, 0.3) is 10.9 Å². The largest absolute Gasteiger partial charge is 0.331 e. The number of carbonyl (C=O) groups is 1. The van der Waals surface area contributed by atoms with Crippen molar-refractivity contribution in [2.24, 2.45) is 0 Å². The first kappa shape index (κ1) is 16.6. The lowest BCUT2D eigenvalue weighted by Gasteiger charge is -2.27. The van der Waals surface area contributed by atoms with Crippen LogP contribution in [0.2, 0.25) is 0 Å². The molecule has 1 amide bonds. The Morgan fingerprint density at radius 2 is 2.17 bits per heavy atom. The maximum absolute atomic E-state index is 13.2. The lowest BCUT2D eigenvalue weighted by molar-refractivity contribution is 0.0722. The van der Waals surface area contributed by atoms with Crippen LogP contribution in [0, 0.1) is 6.92 Å². The van der Waals surface area contributed by atoms with Crippen molar-refractivity contribution in [2.75, 3.05) is 18.1 Å². The molecule has 1 fully saturated rings. The molecule has 2 heterocycles. The molecule has 1 unspecified atom stereocenters. The zero-order valence-corrected chi connectivity index (χ0v) is 14.4. The Kier molecular flexibility index (Phi) is 4.41. The third-order valence-corrected chi connectivity index (χ3v) is 6.06. The maximum Gasteiger partial charge on any atom is 0.255 e. The van der Waals surface area contributed by atoms with Crippen LogP contribution in [-0.2, 0) is 9.84 Å². The van der Waals surface area contributed by atoms with Gasteiger partial charge in [0, 0.05) is 23.7 Å². The molecule has 24 heavy (non-hydrogen) atoms. The van der Waals surface area contributed by atoms with E-state index in [1.807, 2.05) is 31.2 Å². The molecule has 2 aromatic rings. The van der Waals surface area contributed by atoms with Crippen molar-refractivity contribution in [1.82, 2.24) is 9.88 Å². The quantitative estimate of drug-likeness (QED) is 0.799. The number of hydrogen-bond acceptors (Lipinski definition) is 4. The standard InChI is InChI=1S/C18H20N2O3S/c1-3-9-20(14-8-10-24(22,23)12-14)18(21)16-11-13(2)19-17-7-5-4-6-15(16)17/h3-7,11,14H,1,8-10,12H2,2H3. The zero-order chi connectivity index (χ0) is 17.3. The second-order valence-corrected chi connectivity index (χ2v) is 8.36. The number of amides is 1. The normalized spacial score (nSPS) is 19.3. The summed E-state index contributed by atoms with van der Waals surface area (Å²) in [5.41, 5.74) is 2.08. The smallest absolute Gasteiger partial charge is 0.255 e. The van der Waals surface area contributed by atoms with Crippen LogP contribution in [-0.4, -0.2) is 48.3 Å². The number of hydrogen-bond donors (Lipinski definition) is 0. The van der Waals surface area contributed by atoms with Crippen molar-refractivity contribution >= 4 is 26.6 Å². The highest BCUT2D eigenvalue weighted by molar-refractivity contribution is 7.91. The highest BCUT2D eigenvalue weighted by Gasteiger charge is 2.34. The van der Waals surface area contributed by atoms with Crippen molar-refractivity contribution in [3.63, 3.8) is 0 Å². The van der Waals surface area contributed by atoms with Crippen molar-refractivity contribution < 1.29 is 13.2 Å². The monoisotopic (exact) mass is 344 g/mol. The zero-order valence-electron chi connectivity index (χ0n) is 13.6. The number of rotatable bonds is 4. The maximum atomic E-state index is 13.2. The molecule has 1 aliphatic heterocycles. The van der Waals surface area contributed by atoms with Gasteiger partial charge in [-0.2, -0.15) is 0 Å². The van der Waals surface area contributed by atoms with Crippen LogP contribution in [0.15, 0.2) is 43.0 Å². The van der Waals surface area contributed by atoms with Gasteiger partial charge in [0.1, 0.15) is 0 Å². The number of carbonyl (C=O) groups excluding carboxylic acids is 1. The van der Waals surface area contributed by atoms with Gasteiger partial charge in [-0.25, -0.2) is 8.42 Å². The number of sulfone groups is 1. The first-order valence-corrected chi connectivity index (χ1v) is 9.72. The number of fused-ring (bicyclic) bond motifs is 1. The fourth-order valence-corrected chi connectivity index (χ4v) is 4.93. The third-order valence-electron chi connectivity index (χ3n) is 4.31. The van der Waals surface area contributed by atoms with Gasteiger partial charge in [-0.05, 0) is 25.5 Å². The van der Waals surface area contributed by atoms with Crippen molar-refractivity contribution in [3.05, 3.63) is 54.2 Å². The van der Waals surface area contributed by atoms with E-state index >= 15 is 0 Å². The number of aryl methyl sites for hydroxylation is 1. The van der Waals surface area contributed by atoms with Crippen LogP contribution in [0.4, 0.5) is 0 Å². The Morgan fingerprint density at radius 3 is 2.83 bits per heavy atom. The van der Waals surface area contributed by atoms with E-state index in [1.165, 1.54) is 0 Å². The molecular formula is C18H20N2O3S. The van der Waals surface area contributed by atoms with Gasteiger partial charge < -0.3 is 4.90 Å². The molecule has 1 aromatic carbocycles. The number of pyridine rings is 1. The van der Waals surface area contributed by atoms with Crippen LogP contribution in [0.1, 0.15) is 22.5 Å². The average Bonchev–Trinajstić information content (AvgIpc) is 2.90. The SMILES string of the molecule is C=CCN(C(=O)c1cc(C)nc2ccccc12)C1CCS(=O)(=O)C1. The van der Waals surface area contributed by atoms with Crippen LogP contribution in [0.5, 0.6) is 0 Å². The summed E-state index contributed by atoms with van der Waals surface area (Å²) in [6.45, 7) is 5.88. The minimum Gasteiger partial charge on any atom is -0.331 e. The molecular weight excluding hydrogens is 324 g/mol. The average molecular weight is 344 g/mol. The van der Waals surface area contributed by atoms with Gasteiger partial charge in [0.25, 0.3) is 5.91 Å². The van der Waals surface area contributed by atoms with E-state index in [0.717, 1.165) is 16.6 Å². The van der Waals surface area contributed by atoms with Crippen molar-refractivity contribution in [1.29, 1.82) is 0 Å².